The highest BCUT2D eigenvalue weighted by Crippen LogP contribution is 2.21. The summed E-state index contributed by atoms with van der Waals surface area (Å²) in [5.74, 6) is -1.10. The van der Waals surface area contributed by atoms with Crippen LogP contribution >= 0.6 is 0 Å². The molecule has 0 aromatic carbocycles. The number of hydrogen-bond acceptors (Lipinski definition) is 5. The molecule has 110 valence electrons. The van der Waals surface area contributed by atoms with Crippen LogP contribution in [0, 0.1) is 0 Å². The summed E-state index contributed by atoms with van der Waals surface area (Å²) in [5.41, 5.74) is -0.0825. The molecule has 20 heavy (non-hydrogen) atoms. The van der Waals surface area contributed by atoms with Crippen LogP contribution in [0.2, 0.25) is 0 Å². The van der Waals surface area contributed by atoms with Gasteiger partial charge in [-0.25, -0.2) is 14.3 Å². The summed E-state index contributed by atoms with van der Waals surface area (Å²) in [6.07, 6.45) is 1.39. The smallest absolute Gasteiger partial charge is 0.358 e. The zero-order valence-corrected chi connectivity index (χ0v) is 11.5. The van der Waals surface area contributed by atoms with E-state index in [0.29, 0.717) is 19.6 Å². The molecule has 0 saturated carbocycles. The predicted octanol–water partition coefficient (Wildman–Crippen LogP) is -0.896. The third-order valence-corrected chi connectivity index (χ3v) is 3.26. The van der Waals surface area contributed by atoms with E-state index >= 15 is 0 Å². The number of carbonyl (C=O) groups excluding carboxylic acids is 1. The first kappa shape index (κ1) is 14.3. The van der Waals surface area contributed by atoms with E-state index in [1.807, 2.05) is 7.05 Å². The highest BCUT2D eigenvalue weighted by Gasteiger charge is 2.34. The van der Waals surface area contributed by atoms with Gasteiger partial charge in [0.05, 0.1) is 12.2 Å². The van der Waals surface area contributed by atoms with Crippen molar-refractivity contribution in [2.75, 3.05) is 40.3 Å². The van der Waals surface area contributed by atoms with E-state index in [4.69, 9.17) is 5.11 Å². The number of urea groups is 1. The van der Waals surface area contributed by atoms with E-state index in [-0.39, 0.29) is 17.8 Å². The Hall–Kier alpha value is -2.16. The van der Waals surface area contributed by atoms with Crippen LogP contribution in [-0.2, 0) is 0 Å². The Morgan fingerprint density at radius 3 is 2.80 bits per heavy atom. The van der Waals surface area contributed by atoms with E-state index in [2.05, 4.69) is 15.6 Å². The van der Waals surface area contributed by atoms with Gasteiger partial charge in [-0.1, -0.05) is 5.21 Å². The molecule has 1 aromatic rings. The number of likely N-dealkylation sites (tertiary alicyclic amines) is 1. The third kappa shape index (κ3) is 2.87. The predicted molar refractivity (Wildman–Crippen MR) is 69.5 cm³/mol. The fourth-order valence-electron chi connectivity index (χ4n) is 1.95. The number of nitrogens with one attached hydrogen (secondary N) is 1. The fourth-order valence-corrected chi connectivity index (χ4v) is 1.95. The summed E-state index contributed by atoms with van der Waals surface area (Å²) < 4.78 is 1.50. The van der Waals surface area contributed by atoms with Crippen molar-refractivity contribution in [1.82, 2.24) is 30.1 Å². The number of aromatic nitrogens is 3. The second-order valence-corrected chi connectivity index (χ2v) is 4.76. The SMILES string of the molecule is CNCCN(C)C(=O)N1CC(n2cc(C(=O)O)nn2)C1. The van der Waals surface area contributed by atoms with Crippen molar-refractivity contribution in [3.8, 4) is 0 Å². The van der Waals surface area contributed by atoms with Crippen LogP contribution in [0.4, 0.5) is 4.79 Å². The first-order valence-corrected chi connectivity index (χ1v) is 6.32. The second-order valence-electron chi connectivity index (χ2n) is 4.76. The molecule has 2 N–H and O–H groups in total. The fraction of sp³-hybridized carbons (Fsp3) is 0.636. The largest absolute Gasteiger partial charge is 0.476 e. The Morgan fingerprint density at radius 2 is 2.25 bits per heavy atom. The zero-order chi connectivity index (χ0) is 14.7. The van der Waals surface area contributed by atoms with Crippen LogP contribution in [0.15, 0.2) is 6.20 Å². The van der Waals surface area contributed by atoms with Gasteiger partial charge < -0.3 is 20.2 Å². The van der Waals surface area contributed by atoms with Gasteiger partial charge in [0.15, 0.2) is 5.69 Å². The number of carboxylic acid groups (broad SMARTS) is 1. The van der Waals surface area contributed by atoms with Crippen molar-refractivity contribution >= 4 is 12.0 Å². The molecular formula is C11H18N6O3. The van der Waals surface area contributed by atoms with Crippen LogP contribution in [0.1, 0.15) is 16.5 Å². The van der Waals surface area contributed by atoms with Gasteiger partial charge in [0, 0.05) is 33.2 Å². The van der Waals surface area contributed by atoms with Gasteiger partial charge in [-0.2, -0.15) is 0 Å². The van der Waals surface area contributed by atoms with Gasteiger partial charge >= 0.3 is 12.0 Å². The lowest BCUT2D eigenvalue weighted by Crippen LogP contribution is -2.55. The van der Waals surface area contributed by atoms with Crippen LogP contribution in [0.5, 0.6) is 0 Å². The Balaban J connectivity index is 1.84. The van der Waals surface area contributed by atoms with E-state index in [1.54, 1.807) is 16.8 Å². The zero-order valence-electron chi connectivity index (χ0n) is 11.5. The topological polar surface area (TPSA) is 104 Å². The molecule has 0 radical (unpaired) electrons. The number of hydrogen-bond donors (Lipinski definition) is 2. The molecule has 2 rings (SSSR count). The molecule has 0 unspecified atom stereocenters. The molecule has 0 bridgehead atoms. The summed E-state index contributed by atoms with van der Waals surface area (Å²) in [5, 5.41) is 19.1. The number of nitrogens with zero attached hydrogens (tertiary/aromatic N) is 5. The number of amides is 2. The molecule has 1 saturated heterocycles. The van der Waals surface area contributed by atoms with Crippen LogP contribution in [0.3, 0.4) is 0 Å². The van der Waals surface area contributed by atoms with Gasteiger partial charge in [0.25, 0.3) is 0 Å². The van der Waals surface area contributed by atoms with E-state index in [9.17, 15) is 9.59 Å². The number of aromatic carboxylic acids is 1. The molecule has 0 spiro atoms. The number of carboxylic acids is 1. The summed E-state index contributed by atoms with van der Waals surface area (Å²) in [7, 11) is 3.59. The van der Waals surface area contributed by atoms with Gasteiger partial charge in [-0.15, -0.1) is 5.10 Å². The van der Waals surface area contributed by atoms with Crippen molar-refractivity contribution in [3.05, 3.63) is 11.9 Å². The number of carbonyl (C=O) groups is 2. The molecule has 1 aliphatic heterocycles. The minimum Gasteiger partial charge on any atom is -0.476 e. The second kappa shape index (κ2) is 5.87. The van der Waals surface area contributed by atoms with Crippen LogP contribution < -0.4 is 5.32 Å². The first-order valence-electron chi connectivity index (χ1n) is 6.32. The van der Waals surface area contributed by atoms with Crippen LogP contribution in [0.25, 0.3) is 0 Å². The van der Waals surface area contributed by atoms with Crippen molar-refractivity contribution in [2.24, 2.45) is 0 Å². The summed E-state index contributed by atoms with van der Waals surface area (Å²) in [6.45, 7) is 2.42. The van der Waals surface area contributed by atoms with Gasteiger partial charge in [0.1, 0.15) is 0 Å². The van der Waals surface area contributed by atoms with Crippen molar-refractivity contribution in [3.63, 3.8) is 0 Å². The van der Waals surface area contributed by atoms with Crippen molar-refractivity contribution in [2.45, 2.75) is 6.04 Å². The molecule has 2 heterocycles. The third-order valence-electron chi connectivity index (χ3n) is 3.26. The minimum absolute atomic E-state index is 0.00255. The highest BCUT2D eigenvalue weighted by atomic mass is 16.4. The Labute approximate surface area is 116 Å². The average molecular weight is 282 g/mol. The van der Waals surface area contributed by atoms with E-state index in [1.165, 1.54) is 10.9 Å². The molecular weight excluding hydrogens is 264 g/mol. The lowest BCUT2D eigenvalue weighted by atomic mass is 10.1. The van der Waals surface area contributed by atoms with E-state index < -0.39 is 5.97 Å². The standard InChI is InChI=1S/C11H18N6O3/c1-12-3-4-15(2)11(20)16-5-8(6-16)17-7-9(10(18)19)13-14-17/h7-8,12H,3-6H2,1-2H3,(H,18,19). The molecule has 0 aliphatic carbocycles. The van der Waals surface area contributed by atoms with Crippen molar-refractivity contribution < 1.29 is 14.7 Å². The Kier molecular flexibility index (Phi) is 4.18. The minimum atomic E-state index is -1.10. The molecule has 9 heteroatoms. The summed E-state index contributed by atoms with van der Waals surface area (Å²) in [6, 6.07) is -0.0349. The Morgan fingerprint density at radius 1 is 1.55 bits per heavy atom. The summed E-state index contributed by atoms with van der Waals surface area (Å²) >= 11 is 0. The first-order chi connectivity index (χ1) is 9.52. The van der Waals surface area contributed by atoms with E-state index in [0.717, 1.165) is 6.54 Å². The monoisotopic (exact) mass is 282 g/mol. The van der Waals surface area contributed by atoms with Gasteiger partial charge in [-0.05, 0) is 7.05 Å². The maximum atomic E-state index is 12.0. The molecule has 2 amide bonds. The normalized spacial score (nSPS) is 15.0. The lowest BCUT2D eigenvalue weighted by Gasteiger charge is -2.40. The maximum absolute atomic E-state index is 12.0. The molecule has 0 atom stereocenters. The van der Waals surface area contributed by atoms with Gasteiger partial charge in [-0.3, -0.25) is 0 Å². The van der Waals surface area contributed by atoms with Crippen LogP contribution in [-0.4, -0.2) is 82.2 Å². The lowest BCUT2D eigenvalue weighted by molar-refractivity contribution is 0.0689. The maximum Gasteiger partial charge on any atom is 0.358 e. The summed E-state index contributed by atoms with van der Waals surface area (Å²) in [4.78, 5) is 26.1. The quantitative estimate of drug-likeness (QED) is 0.725. The molecule has 9 nitrogen and oxygen atoms in total. The number of likely N-dealkylation sites (N-methyl/N-ethyl adjacent to an activating group) is 2. The Bertz CT molecular complexity index is 496. The molecule has 1 aliphatic rings. The average Bonchev–Trinajstić information content (AvgIpc) is 2.83. The highest BCUT2D eigenvalue weighted by molar-refractivity contribution is 5.84. The van der Waals surface area contributed by atoms with Crippen molar-refractivity contribution in [1.29, 1.82) is 0 Å². The number of rotatable bonds is 5. The van der Waals surface area contributed by atoms with Gasteiger partial charge in [0.2, 0.25) is 0 Å². The molecule has 1 fully saturated rings. The molecule has 1 aromatic heterocycles.